The van der Waals surface area contributed by atoms with E-state index in [9.17, 15) is 0 Å². The fourth-order valence-corrected chi connectivity index (χ4v) is 3.24. The molecule has 2 aromatic carbocycles. The lowest BCUT2D eigenvalue weighted by atomic mass is 9.97. The van der Waals surface area contributed by atoms with E-state index in [2.05, 4.69) is 122 Å². The van der Waals surface area contributed by atoms with Crippen LogP contribution in [0.5, 0.6) is 0 Å². The van der Waals surface area contributed by atoms with Crippen LogP contribution in [0.4, 0.5) is 0 Å². The number of aryl methyl sites for hydroxylation is 1. The minimum absolute atomic E-state index is 0.944. The number of thioether (sulfide) groups is 1. The Morgan fingerprint density at radius 1 is 0.784 bits per heavy atom. The zero-order chi connectivity index (χ0) is 29.8. The molecule has 0 radical (unpaired) electrons. The number of hydrogen-bond acceptors (Lipinski definition) is 1. The highest BCUT2D eigenvalue weighted by atomic mass is 32.2. The van der Waals surface area contributed by atoms with Crippen LogP contribution >= 0.6 is 11.8 Å². The molecule has 0 atom stereocenters. The van der Waals surface area contributed by atoms with E-state index in [1.54, 1.807) is 11.8 Å². The molecule has 0 nitrogen and oxygen atoms in total. The standard InChI is InChI=1S/C22H24S.C5H10.C3H8.2C2H6.C2H4/c1-16(2)13-18(4)15-23-19(5)21-12-11-17(3)14-22(21)20-9-7-6-8-10-20;1-4-5(2)3;1-3-2;3*1-2/h6-12,14-15H,1,5,13H2,2-4H3;2,4H2,1,3H3;3H2,1-2H3;2*1-2H3;1-2H2/b18-15+;;;;;. The molecule has 0 N–H and O–H groups in total. The van der Waals surface area contributed by atoms with Gasteiger partial charge in [-0.1, -0.05) is 151 Å². The quantitative estimate of drug-likeness (QED) is 0.326. The molecule has 2 rings (SSSR count). The summed E-state index contributed by atoms with van der Waals surface area (Å²) in [6.07, 6.45) is 3.31. The molecule has 0 aliphatic heterocycles. The first-order chi connectivity index (χ1) is 17.7. The fourth-order valence-electron chi connectivity index (χ4n) is 2.51. The molecule has 0 saturated carbocycles. The second-order valence-electron chi connectivity index (χ2n) is 8.07. The van der Waals surface area contributed by atoms with Crippen molar-refractivity contribution >= 4 is 16.7 Å². The Hall–Kier alpha value is -2.51. The van der Waals surface area contributed by atoms with Crippen LogP contribution < -0.4 is 0 Å². The summed E-state index contributed by atoms with van der Waals surface area (Å²) in [5, 5.41) is 2.19. The lowest BCUT2D eigenvalue weighted by Crippen LogP contribution is -1.88. The van der Waals surface area contributed by atoms with Crippen molar-refractivity contribution in [3.63, 3.8) is 0 Å². The van der Waals surface area contributed by atoms with Crippen LogP contribution in [0.3, 0.4) is 0 Å². The van der Waals surface area contributed by atoms with Gasteiger partial charge >= 0.3 is 0 Å². The summed E-state index contributed by atoms with van der Waals surface area (Å²) in [6, 6.07) is 17.1. The van der Waals surface area contributed by atoms with Gasteiger partial charge in [0.05, 0.1) is 0 Å². The Bertz CT molecular complexity index is 869. The normalized spacial score (nSPS) is 9.00. The van der Waals surface area contributed by atoms with Crippen molar-refractivity contribution in [1.29, 1.82) is 0 Å². The number of benzene rings is 2. The highest BCUT2D eigenvalue weighted by molar-refractivity contribution is 8.10. The summed E-state index contributed by atoms with van der Waals surface area (Å²) in [5.74, 6) is 0. The number of hydrogen-bond donors (Lipinski definition) is 0. The number of rotatable bonds is 7. The van der Waals surface area contributed by atoms with Gasteiger partial charge < -0.3 is 0 Å². The first kappa shape index (κ1) is 41.6. The minimum atomic E-state index is 0.944. The third-order valence-corrected chi connectivity index (χ3v) is 5.17. The van der Waals surface area contributed by atoms with Gasteiger partial charge in [0, 0.05) is 4.91 Å². The molecule has 0 aliphatic carbocycles. The maximum absolute atomic E-state index is 4.29. The summed E-state index contributed by atoms with van der Waals surface area (Å²) in [7, 11) is 0. The molecule has 0 fully saturated rings. The highest BCUT2D eigenvalue weighted by Gasteiger charge is 2.08. The summed E-state index contributed by atoms with van der Waals surface area (Å²) >= 11 is 1.70. The van der Waals surface area contributed by atoms with Crippen molar-refractivity contribution < 1.29 is 0 Å². The Kier molecular flexibility index (Phi) is 33.4. The second-order valence-corrected chi connectivity index (χ2v) is 9.04. The molecule has 0 heterocycles. The summed E-state index contributed by atoms with van der Waals surface area (Å²) in [5.41, 5.74) is 8.70. The van der Waals surface area contributed by atoms with Gasteiger partial charge in [0.25, 0.3) is 0 Å². The largest absolute Gasteiger partial charge is 0.106 e. The zero-order valence-electron chi connectivity index (χ0n) is 26.3. The molecule has 0 aromatic heterocycles. The second kappa shape index (κ2) is 29.7. The fraction of sp³-hybridized carbons (Fsp3) is 0.389. The summed E-state index contributed by atoms with van der Waals surface area (Å²) < 4.78 is 0. The van der Waals surface area contributed by atoms with E-state index in [-0.39, 0.29) is 0 Å². The van der Waals surface area contributed by atoms with Crippen molar-refractivity contribution in [3.05, 3.63) is 115 Å². The molecule has 1 heteroatoms. The average molecular weight is 523 g/mol. The lowest BCUT2D eigenvalue weighted by molar-refractivity contribution is 1.09. The molecule has 0 saturated heterocycles. The molecule has 0 aliphatic rings. The first-order valence-corrected chi connectivity index (χ1v) is 14.5. The number of allylic oxidation sites excluding steroid dienone is 3. The van der Waals surface area contributed by atoms with E-state index in [0.29, 0.717) is 0 Å². The Morgan fingerprint density at radius 3 is 1.65 bits per heavy atom. The van der Waals surface area contributed by atoms with E-state index in [0.717, 1.165) is 17.7 Å². The maximum atomic E-state index is 4.29. The third-order valence-electron chi connectivity index (χ3n) is 4.15. The molecule has 0 unspecified atom stereocenters. The first-order valence-electron chi connectivity index (χ1n) is 13.6. The lowest BCUT2D eigenvalue weighted by Gasteiger charge is -2.12. The smallest absolute Gasteiger partial charge is 0.0123 e. The van der Waals surface area contributed by atoms with E-state index in [1.807, 2.05) is 40.7 Å². The van der Waals surface area contributed by atoms with Crippen LogP contribution in [0.1, 0.15) is 99.6 Å². The van der Waals surface area contributed by atoms with Crippen LogP contribution in [0.25, 0.3) is 16.0 Å². The van der Waals surface area contributed by atoms with Crippen LogP contribution in [-0.4, -0.2) is 0 Å². The molecule has 0 bridgehead atoms. The SMILES string of the molecule is C=C.C=C(C)C/C(C)=C/SC(=C)c1ccc(C)cc1-c1ccccc1.C=C(C)CC.CC.CC.CCC. The predicted octanol–water partition coefficient (Wildman–Crippen LogP) is 13.5. The van der Waals surface area contributed by atoms with E-state index >= 15 is 0 Å². The van der Waals surface area contributed by atoms with Crippen LogP contribution in [-0.2, 0) is 0 Å². The van der Waals surface area contributed by atoms with Gasteiger partial charge in [-0.2, -0.15) is 0 Å². The summed E-state index contributed by atoms with van der Waals surface area (Å²) in [6.45, 7) is 40.6. The summed E-state index contributed by atoms with van der Waals surface area (Å²) in [4.78, 5) is 1.07. The Labute approximate surface area is 237 Å². The molecular weight excluding hydrogens is 464 g/mol. The molecular formula is C36H58S. The van der Waals surface area contributed by atoms with Crippen molar-refractivity contribution in [3.8, 4) is 11.1 Å². The van der Waals surface area contributed by atoms with Gasteiger partial charge in [-0.3, -0.25) is 0 Å². The monoisotopic (exact) mass is 522 g/mol. The third kappa shape index (κ3) is 23.6. The molecule has 2 aromatic rings. The van der Waals surface area contributed by atoms with Gasteiger partial charge in [-0.25, -0.2) is 0 Å². The average Bonchev–Trinajstić information content (AvgIpc) is 2.91. The van der Waals surface area contributed by atoms with Crippen molar-refractivity contribution in [2.45, 2.75) is 95.4 Å². The van der Waals surface area contributed by atoms with Gasteiger partial charge in [0.2, 0.25) is 0 Å². The highest BCUT2D eigenvalue weighted by Crippen LogP contribution is 2.36. The predicted molar refractivity (Wildman–Crippen MR) is 181 cm³/mol. The van der Waals surface area contributed by atoms with E-state index in [1.165, 1.54) is 45.4 Å². The van der Waals surface area contributed by atoms with Crippen LogP contribution in [0.15, 0.2) is 104 Å². The van der Waals surface area contributed by atoms with Gasteiger partial charge in [0.1, 0.15) is 0 Å². The van der Waals surface area contributed by atoms with Crippen molar-refractivity contribution in [1.82, 2.24) is 0 Å². The molecule has 0 spiro atoms. The minimum Gasteiger partial charge on any atom is -0.106 e. The van der Waals surface area contributed by atoms with E-state index < -0.39 is 0 Å². The van der Waals surface area contributed by atoms with E-state index in [4.69, 9.17) is 0 Å². The van der Waals surface area contributed by atoms with Crippen LogP contribution in [0, 0.1) is 6.92 Å². The maximum Gasteiger partial charge on any atom is 0.0123 e. The Balaban J connectivity index is -0.000000327. The van der Waals surface area contributed by atoms with Gasteiger partial charge in [0.15, 0.2) is 0 Å². The topological polar surface area (TPSA) is 0 Å². The van der Waals surface area contributed by atoms with Gasteiger partial charge in [-0.05, 0) is 62.6 Å². The molecule has 37 heavy (non-hydrogen) atoms. The zero-order valence-corrected chi connectivity index (χ0v) is 27.1. The Morgan fingerprint density at radius 2 is 1.24 bits per heavy atom. The molecule has 208 valence electrons. The molecule has 0 amide bonds. The van der Waals surface area contributed by atoms with Crippen LogP contribution in [0.2, 0.25) is 0 Å². The van der Waals surface area contributed by atoms with Crippen molar-refractivity contribution in [2.24, 2.45) is 0 Å². The van der Waals surface area contributed by atoms with Crippen molar-refractivity contribution in [2.75, 3.05) is 0 Å². The van der Waals surface area contributed by atoms with Gasteiger partial charge in [-0.15, -0.1) is 19.7 Å².